The van der Waals surface area contributed by atoms with Gasteiger partial charge < -0.3 is 23.7 Å². The topological polar surface area (TPSA) is 95.2 Å². The number of hydrogen-bond acceptors (Lipinski definition) is 7. The van der Waals surface area contributed by atoms with Crippen molar-refractivity contribution in [2.24, 2.45) is 0 Å². The van der Waals surface area contributed by atoms with Gasteiger partial charge in [-0.2, -0.15) is 0 Å². The molecule has 0 spiro atoms. The van der Waals surface area contributed by atoms with Gasteiger partial charge in [0.25, 0.3) is 0 Å². The summed E-state index contributed by atoms with van der Waals surface area (Å²) in [6.45, 7) is 4.26. The van der Waals surface area contributed by atoms with Crippen molar-refractivity contribution >= 4 is 16.9 Å². The number of rotatable bonds is 6. The van der Waals surface area contributed by atoms with E-state index in [1.165, 1.54) is 0 Å². The molecule has 156 valence electrons. The lowest BCUT2D eigenvalue weighted by Crippen LogP contribution is -2.32. The number of aromatic hydroxyl groups is 1. The first kappa shape index (κ1) is 19.8. The lowest BCUT2D eigenvalue weighted by Gasteiger charge is -2.19. The molecule has 0 amide bonds. The van der Waals surface area contributed by atoms with Gasteiger partial charge in [0, 0.05) is 5.56 Å². The van der Waals surface area contributed by atoms with Gasteiger partial charge in [-0.25, -0.2) is 9.59 Å². The summed E-state index contributed by atoms with van der Waals surface area (Å²) in [5.41, 5.74) is 0.243. The molecule has 0 radical (unpaired) electrons. The van der Waals surface area contributed by atoms with E-state index in [0.29, 0.717) is 29.6 Å². The van der Waals surface area contributed by atoms with Crippen molar-refractivity contribution in [2.45, 2.75) is 32.3 Å². The minimum absolute atomic E-state index is 0.151. The van der Waals surface area contributed by atoms with Gasteiger partial charge in [-0.1, -0.05) is 31.2 Å². The molecule has 1 aliphatic rings. The quantitative estimate of drug-likeness (QED) is 0.488. The molecular weight excluding hydrogens is 388 g/mol. The summed E-state index contributed by atoms with van der Waals surface area (Å²) in [7, 11) is 0. The molecule has 0 bridgehead atoms. The molecule has 0 saturated carbocycles. The van der Waals surface area contributed by atoms with E-state index >= 15 is 0 Å². The second-order valence-corrected chi connectivity index (χ2v) is 6.94. The van der Waals surface area contributed by atoms with Gasteiger partial charge >= 0.3 is 11.6 Å². The predicted octanol–water partition coefficient (Wildman–Crippen LogP) is 3.74. The summed E-state index contributed by atoms with van der Waals surface area (Å²) in [6, 6.07) is 11.9. The minimum atomic E-state index is -1.14. The summed E-state index contributed by atoms with van der Waals surface area (Å²) in [5.74, 6) is -1.13. The maximum absolute atomic E-state index is 12.9. The van der Waals surface area contributed by atoms with Gasteiger partial charge in [-0.05, 0) is 31.5 Å². The largest absolute Gasteiger partial charge is 0.504 e. The molecular formula is C23H22O7. The third-order valence-corrected chi connectivity index (χ3v) is 5.00. The zero-order valence-corrected chi connectivity index (χ0v) is 16.7. The Bertz CT molecular complexity index is 1150. The van der Waals surface area contributed by atoms with Crippen LogP contribution in [0.3, 0.4) is 0 Å². The summed E-state index contributed by atoms with van der Waals surface area (Å²) < 4.78 is 22.3. The Balaban J connectivity index is 1.92. The molecule has 0 aliphatic carbocycles. The normalized spacial score (nSPS) is 17.4. The van der Waals surface area contributed by atoms with Gasteiger partial charge in [0.1, 0.15) is 11.3 Å². The molecule has 0 fully saturated rings. The molecule has 3 aromatic rings. The Morgan fingerprint density at radius 3 is 2.70 bits per heavy atom. The SMILES string of the molecule is CCCOC(=O)[C@@H]1Oc2c(c(=O)oc3ccccc23)[C@H]1c1cccc(OCC)c1O. The zero-order valence-electron chi connectivity index (χ0n) is 16.7. The number of phenols is 1. The highest BCUT2D eigenvalue weighted by atomic mass is 16.6. The van der Waals surface area contributed by atoms with E-state index in [9.17, 15) is 14.7 Å². The molecule has 30 heavy (non-hydrogen) atoms. The number of benzene rings is 2. The highest BCUT2D eigenvalue weighted by Crippen LogP contribution is 2.48. The van der Waals surface area contributed by atoms with Crippen LogP contribution in [0.5, 0.6) is 17.2 Å². The number of hydrogen-bond donors (Lipinski definition) is 1. The number of carbonyl (C=O) groups excluding carboxylic acids is 1. The van der Waals surface area contributed by atoms with E-state index in [-0.39, 0.29) is 29.4 Å². The number of para-hydroxylation sites is 2. The molecule has 4 rings (SSSR count). The molecule has 7 nitrogen and oxygen atoms in total. The van der Waals surface area contributed by atoms with Crippen molar-refractivity contribution in [2.75, 3.05) is 13.2 Å². The van der Waals surface area contributed by atoms with Crippen molar-refractivity contribution in [1.82, 2.24) is 0 Å². The van der Waals surface area contributed by atoms with E-state index in [2.05, 4.69) is 0 Å². The van der Waals surface area contributed by atoms with Crippen LogP contribution in [0.4, 0.5) is 0 Å². The van der Waals surface area contributed by atoms with Crippen LogP contribution in [-0.2, 0) is 9.53 Å². The molecule has 7 heteroatoms. The predicted molar refractivity (Wildman–Crippen MR) is 109 cm³/mol. The number of phenolic OH excluding ortho intramolecular Hbond substituents is 1. The van der Waals surface area contributed by atoms with E-state index in [4.69, 9.17) is 18.6 Å². The van der Waals surface area contributed by atoms with E-state index in [1.54, 1.807) is 49.4 Å². The lowest BCUT2D eigenvalue weighted by molar-refractivity contribution is -0.151. The third-order valence-electron chi connectivity index (χ3n) is 5.00. The van der Waals surface area contributed by atoms with Crippen LogP contribution in [0.1, 0.15) is 37.3 Å². The van der Waals surface area contributed by atoms with Crippen LogP contribution in [0.25, 0.3) is 11.0 Å². The van der Waals surface area contributed by atoms with Gasteiger partial charge in [-0.3, -0.25) is 0 Å². The van der Waals surface area contributed by atoms with Gasteiger partial charge in [0.15, 0.2) is 11.5 Å². The van der Waals surface area contributed by atoms with Gasteiger partial charge in [0.2, 0.25) is 6.10 Å². The van der Waals surface area contributed by atoms with Crippen LogP contribution < -0.4 is 15.1 Å². The summed E-state index contributed by atoms with van der Waals surface area (Å²) in [4.78, 5) is 25.7. The molecule has 2 aromatic carbocycles. The smallest absolute Gasteiger partial charge is 0.348 e. The first-order chi connectivity index (χ1) is 14.6. The van der Waals surface area contributed by atoms with Crippen LogP contribution in [0.15, 0.2) is 51.7 Å². The number of fused-ring (bicyclic) bond motifs is 3. The van der Waals surface area contributed by atoms with Gasteiger partial charge in [0.05, 0.1) is 30.1 Å². The first-order valence-electron chi connectivity index (χ1n) is 9.90. The number of ether oxygens (including phenoxy) is 3. The Labute approximate surface area is 172 Å². The van der Waals surface area contributed by atoms with Crippen molar-refractivity contribution in [3.8, 4) is 17.2 Å². The maximum atomic E-state index is 12.9. The van der Waals surface area contributed by atoms with Gasteiger partial charge in [-0.15, -0.1) is 0 Å². The summed E-state index contributed by atoms with van der Waals surface area (Å²) >= 11 is 0. The Hall–Kier alpha value is -3.48. The fourth-order valence-electron chi connectivity index (χ4n) is 3.73. The zero-order chi connectivity index (χ0) is 21.3. The van der Waals surface area contributed by atoms with E-state index in [0.717, 1.165) is 0 Å². The monoisotopic (exact) mass is 410 g/mol. The summed E-state index contributed by atoms with van der Waals surface area (Å²) in [6.07, 6.45) is -0.491. The highest BCUT2D eigenvalue weighted by molar-refractivity contribution is 5.88. The maximum Gasteiger partial charge on any atom is 0.348 e. The van der Waals surface area contributed by atoms with Crippen LogP contribution in [-0.4, -0.2) is 30.4 Å². The van der Waals surface area contributed by atoms with Crippen LogP contribution in [0, 0.1) is 0 Å². The number of esters is 1. The minimum Gasteiger partial charge on any atom is -0.504 e. The second-order valence-electron chi connectivity index (χ2n) is 6.94. The second kappa shape index (κ2) is 8.10. The standard InChI is InChI=1S/C23H22O7/c1-3-12-28-23(26)21-17(14-9-7-11-16(19(14)24)27-4-2)18-20(30-21)13-8-5-6-10-15(13)29-22(18)25/h5-11,17,21,24H,3-4,12H2,1-2H3/t17-,21-/m1/s1. The first-order valence-corrected chi connectivity index (χ1v) is 9.90. The Morgan fingerprint density at radius 1 is 1.13 bits per heavy atom. The highest BCUT2D eigenvalue weighted by Gasteiger charge is 2.46. The fraction of sp³-hybridized carbons (Fsp3) is 0.304. The molecule has 0 saturated heterocycles. The molecule has 1 aliphatic heterocycles. The Kier molecular flexibility index (Phi) is 5.35. The average Bonchev–Trinajstić information content (AvgIpc) is 3.15. The lowest BCUT2D eigenvalue weighted by atomic mass is 9.87. The van der Waals surface area contributed by atoms with E-state index in [1.807, 2.05) is 6.92 Å². The van der Waals surface area contributed by atoms with Crippen LogP contribution >= 0.6 is 0 Å². The van der Waals surface area contributed by atoms with Crippen molar-refractivity contribution < 1.29 is 28.5 Å². The van der Waals surface area contributed by atoms with Crippen molar-refractivity contribution in [3.63, 3.8) is 0 Å². The average molecular weight is 410 g/mol. The molecule has 2 heterocycles. The number of carbonyl (C=O) groups is 1. The van der Waals surface area contributed by atoms with Crippen molar-refractivity contribution in [1.29, 1.82) is 0 Å². The third kappa shape index (κ3) is 3.26. The van der Waals surface area contributed by atoms with Crippen LogP contribution in [0.2, 0.25) is 0 Å². The molecule has 1 N–H and O–H groups in total. The molecule has 0 unspecified atom stereocenters. The molecule has 1 aromatic heterocycles. The summed E-state index contributed by atoms with van der Waals surface area (Å²) in [5, 5.41) is 11.4. The fourth-order valence-corrected chi connectivity index (χ4v) is 3.73. The van der Waals surface area contributed by atoms with E-state index < -0.39 is 23.6 Å². The van der Waals surface area contributed by atoms with Crippen molar-refractivity contribution in [3.05, 3.63) is 64.0 Å². The Morgan fingerprint density at radius 2 is 1.93 bits per heavy atom. The molecule has 2 atom stereocenters.